The maximum absolute atomic E-state index is 13.2. The summed E-state index contributed by atoms with van der Waals surface area (Å²) in [4.78, 5) is 25.7. The first-order chi connectivity index (χ1) is 14.5. The molecule has 1 heterocycles. The predicted molar refractivity (Wildman–Crippen MR) is 121 cm³/mol. The molecule has 0 aliphatic carbocycles. The Bertz CT molecular complexity index is 1300. The Labute approximate surface area is 182 Å². The van der Waals surface area contributed by atoms with Crippen molar-refractivity contribution in [2.75, 3.05) is 5.32 Å². The number of nitrogens with one attached hydrogen (secondary N) is 1. The molecule has 0 spiro atoms. The Morgan fingerprint density at radius 1 is 0.903 bits per heavy atom. The Balaban J connectivity index is 2.01. The number of rotatable bonds is 5. The molecule has 2 aromatic carbocycles. The molecule has 0 radical (unpaired) electrons. The highest BCUT2D eigenvalue weighted by Crippen LogP contribution is 2.23. The first kappa shape index (κ1) is 22.5. The maximum atomic E-state index is 13.2. The van der Waals surface area contributed by atoms with Crippen molar-refractivity contribution in [2.45, 2.75) is 51.0 Å². The van der Waals surface area contributed by atoms with Gasteiger partial charge in [-0.2, -0.15) is 0 Å². The second-order valence-corrected chi connectivity index (χ2v) is 9.71. The molecule has 6 nitrogen and oxygen atoms in total. The quantitative estimate of drug-likeness (QED) is 0.655. The third-order valence-corrected chi connectivity index (χ3v) is 7.14. The van der Waals surface area contributed by atoms with Crippen molar-refractivity contribution in [3.05, 3.63) is 86.8 Å². The Kier molecular flexibility index (Phi) is 6.18. The van der Waals surface area contributed by atoms with Crippen molar-refractivity contribution >= 4 is 21.4 Å². The van der Waals surface area contributed by atoms with Crippen LogP contribution in [0.5, 0.6) is 0 Å². The molecule has 0 atom stereocenters. The number of aromatic nitrogens is 1. The highest BCUT2D eigenvalue weighted by atomic mass is 32.2. The van der Waals surface area contributed by atoms with Gasteiger partial charge in [0, 0.05) is 11.4 Å². The van der Waals surface area contributed by atoms with Crippen molar-refractivity contribution < 1.29 is 13.2 Å². The van der Waals surface area contributed by atoms with Crippen molar-refractivity contribution in [1.82, 2.24) is 4.57 Å². The summed E-state index contributed by atoms with van der Waals surface area (Å²) >= 11 is 0. The fraction of sp³-hybridized carbons (Fsp3) is 0.250. The van der Waals surface area contributed by atoms with Crippen LogP contribution in [0.1, 0.15) is 27.9 Å². The van der Waals surface area contributed by atoms with E-state index in [0.29, 0.717) is 16.9 Å². The van der Waals surface area contributed by atoms with Gasteiger partial charge in [0.1, 0.15) is 11.4 Å². The van der Waals surface area contributed by atoms with Crippen LogP contribution in [0.2, 0.25) is 0 Å². The van der Waals surface area contributed by atoms with Crippen LogP contribution >= 0.6 is 0 Å². The van der Waals surface area contributed by atoms with Gasteiger partial charge in [-0.05, 0) is 69.5 Å². The monoisotopic (exact) mass is 438 g/mol. The van der Waals surface area contributed by atoms with E-state index in [1.807, 2.05) is 32.9 Å². The largest absolute Gasteiger partial charge is 0.324 e. The SMILES string of the molecule is Cc1cc(C)c(NC(=O)Cn2c(C)cc(C)c(S(=O)(=O)c3ccccc3)c2=O)c(C)c1. The molecule has 0 fully saturated rings. The number of benzene rings is 2. The minimum atomic E-state index is -4.02. The molecule has 1 aromatic heterocycles. The van der Waals surface area contributed by atoms with Crippen LogP contribution in [0, 0.1) is 34.6 Å². The number of sulfone groups is 1. The summed E-state index contributed by atoms with van der Waals surface area (Å²) in [6.45, 7) is 8.79. The van der Waals surface area contributed by atoms with Crippen molar-refractivity contribution in [3.63, 3.8) is 0 Å². The van der Waals surface area contributed by atoms with Crippen LogP contribution in [-0.4, -0.2) is 18.9 Å². The van der Waals surface area contributed by atoms with Gasteiger partial charge in [0.15, 0.2) is 0 Å². The summed E-state index contributed by atoms with van der Waals surface area (Å²) < 4.78 is 27.5. The van der Waals surface area contributed by atoms with Gasteiger partial charge in [0.05, 0.1) is 4.90 Å². The van der Waals surface area contributed by atoms with E-state index in [1.54, 1.807) is 38.1 Å². The first-order valence-corrected chi connectivity index (χ1v) is 11.4. The number of hydrogen-bond acceptors (Lipinski definition) is 4. The highest BCUT2D eigenvalue weighted by Gasteiger charge is 2.26. The molecule has 0 unspecified atom stereocenters. The number of nitrogens with zero attached hydrogens (tertiary/aromatic N) is 1. The van der Waals surface area contributed by atoms with E-state index in [2.05, 4.69) is 5.32 Å². The van der Waals surface area contributed by atoms with Gasteiger partial charge in [0.25, 0.3) is 5.56 Å². The number of carbonyl (C=O) groups excluding carboxylic acids is 1. The number of carbonyl (C=O) groups is 1. The molecular formula is C24H26N2O4S. The molecule has 3 rings (SSSR count). The molecule has 0 saturated carbocycles. The molecular weight excluding hydrogens is 412 g/mol. The van der Waals surface area contributed by atoms with E-state index >= 15 is 0 Å². The minimum absolute atomic E-state index is 0.0426. The molecule has 0 bridgehead atoms. The first-order valence-electron chi connectivity index (χ1n) is 9.91. The van der Waals surface area contributed by atoms with Gasteiger partial charge in [-0.15, -0.1) is 0 Å². The minimum Gasteiger partial charge on any atom is -0.324 e. The summed E-state index contributed by atoms with van der Waals surface area (Å²) in [5.41, 5.74) is 3.81. The van der Waals surface area contributed by atoms with Crippen molar-refractivity contribution in [1.29, 1.82) is 0 Å². The molecule has 0 aliphatic heterocycles. The van der Waals surface area contributed by atoms with Crippen LogP contribution in [0.4, 0.5) is 5.69 Å². The molecule has 0 aliphatic rings. The highest BCUT2D eigenvalue weighted by molar-refractivity contribution is 7.91. The van der Waals surface area contributed by atoms with E-state index in [-0.39, 0.29) is 16.3 Å². The number of hydrogen-bond donors (Lipinski definition) is 1. The molecule has 162 valence electrons. The van der Waals surface area contributed by atoms with Gasteiger partial charge < -0.3 is 9.88 Å². The average Bonchev–Trinajstić information content (AvgIpc) is 2.68. The van der Waals surface area contributed by atoms with Crippen molar-refractivity contribution in [2.24, 2.45) is 0 Å². The Morgan fingerprint density at radius 3 is 2.06 bits per heavy atom. The van der Waals surface area contributed by atoms with E-state index in [4.69, 9.17) is 0 Å². The smallest absolute Gasteiger partial charge is 0.270 e. The molecule has 3 aromatic rings. The van der Waals surface area contributed by atoms with Gasteiger partial charge in [-0.3, -0.25) is 9.59 Å². The summed E-state index contributed by atoms with van der Waals surface area (Å²) in [6.07, 6.45) is 0. The topological polar surface area (TPSA) is 85.2 Å². The zero-order valence-electron chi connectivity index (χ0n) is 18.3. The summed E-state index contributed by atoms with van der Waals surface area (Å²) in [6, 6.07) is 13.4. The zero-order valence-corrected chi connectivity index (χ0v) is 19.1. The lowest BCUT2D eigenvalue weighted by Crippen LogP contribution is -2.33. The lowest BCUT2D eigenvalue weighted by atomic mass is 10.1. The molecule has 1 N–H and O–H groups in total. The lowest BCUT2D eigenvalue weighted by molar-refractivity contribution is -0.116. The predicted octanol–water partition coefficient (Wildman–Crippen LogP) is 3.86. The third kappa shape index (κ3) is 4.46. The second-order valence-electron chi connectivity index (χ2n) is 7.83. The zero-order chi connectivity index (χ0) is 22.9. The number of anilines is 1. The Hall–Kier alpha value is -3.19. The molecule has 7 heteroatoms. The third-order valence-electron chi connectivity index (χ3n) is 5.21. The second kappa shape index (κ2) is 8.51. The normalized spacial score (nSPS) is 11.4. The fourth-order valence-corrected chi connectivity index (χ4v) is 5.42. The average molecular weight is 439 g/mol. The number of pyridine rings is 1. The van der Waals surface area contributed by atoms with Crippen molar-refractivity contribution in [3.8, 4) is 0 Å². The molecule has 0 saturated heterocycles. The summed E-state index contributed by atoms with van der Waals surface area (Å²) in [7, 11) is -4.02. The maximum Gasteiger partial charge on any atom is 0.270 e. The summed E-state index contributed by atoms with van der Waals surface area (Å²) in [5, 5.41) is 2.87. The fourth-order valence-electron chi connectivity index (χ4n) is 3.85. The van der Waals surface area contributed by atoms with Crippen LogP contribution in [0.25, 0.3) is 0 Å². The van der Waals surface area contributed by atoms with Crippen LogP contribution < -0.4 is 10.9 Å². The van der Waals surface area contributed by atoms with E-state index in [0.717, 1.165) is 16.7 Å². The van der Waals surface area contributed by atoms with Crippen LogP contribution in [0.3, 0.4) is 0 Å². The molecule has 31 heavy (non-hydrogen) atoms. The van der Waals surface area contributed by atoms with Crippen LogP contribution in [-0.2, 0) is 21.2 Å². The number of aryl methyl sites for hydroxylation is 5. The van der Waals surface area contributed by atoms with E-state index in [1.165, 1.54) is 16.7 Å². The Morgan fingerprint density at radius 2 is 1.48 bits per heavy atom. The van der Waals surface area contributed by atoms with E-state index in [9.17, 15) is 18.0 Å². The summed E-state index contributed by atoms with van der Waals surface area (Å²) in [5.74, 6) is -0.396. The van der Waals surface area contributed by atoms with Crippen LogP contribution in [0.15, 0.2) is 63.1 Å². The lowest BCUT2D eigenvalue weighted by Gasteiger charge is -2.16. The van der Waals surface area contributed by atoms with E-state index < -0.39 is 21.3 Å². The van der Waals surface area contributed by atoms with Gasteiger partial charge >= 0.3 is 0 Å². The number of amides is 1. The van der Waals surface area contributed by atoms with Gasteiger partial charge in [0.2, 0.25) is 15.7 Å². The molecule has 1 amide bonds. The standard InChI is InChI=1S/C24H26N2O4S/c1-15-11-16(2)22(17(3)12-15)25-21(27)14-26-19(5)13-18(4)23(24(26)28)31(29,30)20-9-7-6-8-10-20/h6-13H,14H2,1-5H3,(H,25,27). The van der Waals surface area contributed by atoms with Gasteiger partial charge in [-0.1, -0.05) is 35.9 Å². The van der Waals surface area contributed by atoms with Gasteiger partial charge in [-0.25, -0.2) is 8.42 Å².